The number of likely N-dealkylation sites (N-methyl/N-ethyl adjacent to an activating group) is 2. The average Bonchev–Trinajstić information content (AvgIpc) is 3.73. The number of aromatic carboxylic acids is 1. The maximum absolute atomic E-state index is 11.4. The monoisotopic (exact) mass is 621 g/mol. The van der Waals surface area contributed by atoms with Crippen molar-refractivity contribution in [2.75, 3.05) is 39.2 Å². The number of carbonyl (C=O) groups is 3. The van der Waals surface area contributed by atoms with E-state index in [4.69, 9.17) is 19.7 Å². The molecule has 0 bridgehead atoms. The highest BCUT2D eigenvalue weighted by atomic mass is 16.6. The first-order valence-electron chi connectivity index (χ1n) is 15.0. The number of phenols is 1. The number of carboxylic acid groups (broad SMARTS) is 1. The van der Waals surface area contributed by atoms with Crippen LogP contribution in [-0.4, -0.2) is 83.2 Å². The predicted octanol–water partition coefficient (Wildman–Crippen LogP) is 4.03. The Morgan fingerprint density at radius 1 is 1.18 bits per heavy atom. The van der Waals surface area contributed by atoms with E-state index in [1.165, 1.54) is 23.4 Å². The number of cyclic esters (lactones) is 1. The number of aromatic nitrogens is 2. The first-order chi connectivity index (χ1) is 21.4. The largest absolute Gasteiger partial charge is 0.507 e. The molecule has 0 spiro atoms. The molecular formula is C33H43N5O7. The number of nitrogens with one attached hydrogen (secondary N) is 1. The number of para-hydroxylation sites is 1. The van der Waals surface area contributed by atoms with Gasteiger partial charge in [0.05, 0.1) is 25.0 Å². The van der Waals surface area contributed by atoms with Crippen LogP contribution in [0.15, 0.2) is 55.0 Å². The van der Waals surface area contributed by atoms with Gasteiger partial charge in [0, 0.05) is 56.6 Å². The van der Waals surface area contributed by atoms with Crippen molar-refractivity contribution in [2.24, 2.45) is 18.9 Å². The Labute approximate surface area is 263 Å². The van der Waals surface area contributed by atoms with E-state index in [1.807, 2.05) is 42.9 Å². The zero-order valence-electron chi connectivity index (χ0n) is 26.7. The number of ether oxygens (including phenoxy) is 2. The van der Waals surface area contributed by atoms with E-state index < -0.39 is 12.1 Å². The number of nitrogens with zero attached hydrogens (tertiary/aromatic N) is 4. The molecular weight excluding hydrogens is 578 g/mol. The summed E-state index contributed by atoms with van der Waals surface area (Å²) in [7, 11) is 7.84. The zero-order valence-corrected chi connectivity index (χ0v) is 26.7. The van der Waals surface area contributed by atoms with Crippen LogP contribution in [0.5, 0.6) is 11.5 Å². The standard InChI is InChI=1S/C15H21N3O2.C11H16N2O2.C7H6O3/c1-15-7-8-17(3)13(15)18(4)12-6-5-10(9-11(12)15)20-14(19)16-2;1-3-10-8(6-15-11(10)14)4-9-5-12-7-13(9)2;8-6-4-2-1-3-5(6)7(9)10/h5-6,9,13H,7-8H2,1-4H3,(H,16,19);5,7-8,10H,3-4,6H2,1-2H3;1-4,8H,(H,9,10)/t13-,15+;8-,10-;/m10./s1. The van der Waals surface area contributed by atoms with Crippen LogP contribution in [0.3, 0.4) is 0 Å². The van der Waals surface area contributed by atoms with E-state index >= 15 is 0 Å². The zero-order chi connectivity index (χ0) is 32.9. The fraction of sp³-hybridized carbons (Fsp3) is 0.455. The second-order valence-electron chi connectivity index (χ2n) is 11.9. The van der Waals surface area contributed by atoms with Crippen molar-refractivity contribution in [3.8, 4) is 11.5 Å². The van der Waals surface area contributed by atoms with Crippen molar-refractivity contribution >= 4 is 23.7 Å². The second-order valence-corrected chi connectivity index (χ2v) is 11.9. The number of hydrogen-bond acceptors (Lipinski definition) is 9. The van der Waals surface area contributed by atoms with Gasteiger partial charge in [-0.25, -0.2) is 14.6 Å². The Morgan fingerprint density at radius 3 is 2.51 bits per heavy atom. The molecule has 2 aromatic carbocycles. The summed E-state index contributed by atoms with van der Waals surface area (Å²) in [6.45, 7) is 5.98. The fourth-order valence-electron chi connectivity index (χ4n) is 6.59. The van der Waals surface area contributed by atoms with Crippen LogP contribution >= 0.6 is 0 Å². The summed E-state index contributed by atoms with van der Waals surface area (Å²) in [5.74, 6) is -0.358. The molecule has 6 rings (SSSR count). The second kappa shape index (κ2) is 14.0. The number of carboxylic acids is 1. The minimum Gasteiger partial charge on any atom is -0.507 e. The Bertz CT molecular complexity index is 1520. The highest BCUT2D eigenvalue weighted by molar-refractivity contribution is 5.90. The number of aromatic hydroxyl groups is 1. The molecule has 3 aliphatic heterocycles. The minimum absolute atomic E-state index is 0.0373. The lowest BCUT2D eigenvalue weighted by Crippen LogP contribution is -2.45. The third-order valence-corrected chi connectivity index (χ3v) is 8.99. The van der Waals surface area contributed by atoms with Crippen molar-refractivity contribution in [3.05, 3.63) is 71.8 Å². The molecule has 2 saturated heterocycles. The molecule has 0 saturated carbocycles. The predicted molar refractivity (Wildman–Crippen MR) is 169 cm³/mol. The molecule has 0 radical (unpaired) electrons. The van der Waals surface area contributed by atoms with Gasteiger partial charge in [0.15, 0.2) is 0 Å². The van der Waals surface area contributed by atoms with Gasteiger partial charge in [0.1, 0.15) is 17.1 Å². The van der Waals surface area contributed by atoms with Gasteiger partial charge in [-0.2, -0.15) is 0 Å². The fourth-order valence-corrected chi connectivity index (χ4v) is 6.59. The van der Waals surface area contributed by atoms with Gasteiger partial charge in [-0.3, -0.25) is 9.69 Å². The molecule has 3 aromatic rings. The van der Waals surface area contributed by atoms with Crippen LogP contribution in [0.25, 0.3) is 0 Å². The van der Waals surface area contributed by atoms with Crippen LogP contribution in [0.2, 0.25) is 0 Å². The SMILES string of the molecule is CC[C@@H]1C(=O)OC[C@@H]1Cc1cncn1C.CNC(=O)Oc1ccc2c(c1)[C@]1(C)CCN(C)[C@@H]1N2C.O=C(O)c1ccccc1O. The molecule has 45 heavy (non-hydrogen) atoms. The normalized spacial score (nSPS) is 23.1. The van der Waals surface area contributed by atoms with Gasteiger partial charge < -0.3 is 34.5 Å². The average molecular weight is 622 g/mol. The summed E-state index contributed by atoms with van der Waals surface area (Å²) in [5.41, 5.74) is 3.70. The number of aryl methyl sites for hydroxylation is 1. The van der Waals surface area contributed by atoms with Crippen LogP contribution in [0, 0.1) is 11.8 Å². The van der Waals surface area contributed by atoms with E-state index in [0.717, 1.165) is 31.5 Å². The van der Waals surface area contributed by atoms with Gasteiger partial charge in [-0.15, -0.1) is 0 Å². The summed E-state index contributed by atoms with van der Waals surface area (Å²) in [6.07, 6.45) is 6.45. The molecule has 0 aliphatic carbocycles. The quantitative estimate of drug-likeness (QED) is 0.357. The molecule has 4 atom stereocenters. The minimum atomic E-state index is -1.11. The molecule has 1 aromatic heterocycles. The third kappa shape index (κ3) is 7.06. The molecule has 4 heterocycles. The Morgan fingerprint density at radius 2 is 1.91 bits per heavy atom. The maximum atomic E-state index is 11.4. The lowest BCUT2D eigenvalue weighted by molar-refractivity contribution is -0.141. The lowest BCUT2D eigenvalue weighted by atomic mass is 9.81. The smallest absolute Gasteiger partial charge is 0.412 e. The van der Waals surface area contributed by atoms with Crippen molar-refractivity contribution < 1.29 is 34.1 Å². The van der Waals surface area contributed by atoms with E-state index in [0.29, 0.717) is 24.4 Å². The van der Waals surface area contributed by atoms with Gasteiger partial charge in [-0.05, 0) is 62.2 Å². The first kappa shape index (κ1) is 33.3. The number of fused-ring (bicyclic) bond motifs is 3. The summed E-state index contributed by atoms with van der Waals surface area (Å²) >= 11 is 0. The molecule has 12 heteroatoms. The van der Waals surface area contributed by atoms with Crippen molar-refractivity contribution in [1.29, 1.82) is 0 Å². The summed E-state index contributed by atoms with van der Waals surface area (Å²) < 4.78 is 12.3. The Hall–Kier alpha value is -4.58. The number of imidazole rings is 1. The van der Waals surface area contributed by atoms with Gasteiger partial charge in [0.25, 0.3) is 0 Å². The number of benzene rings is 2. The Balaban J connectivity index is 0.000000163. The van der Waals surface area contributed by atoms with Gasteiger partial charge in [-0.1, -0.05) is 26.0 Å². The molecule has 2 fully saturated rings. The van der Waals surface area contributed by atoms with Crippen LogP contribution in [0.4, 0.5) is 10.5 Å². The number of anilines is 1. The van der Waals surface area contributed by atoms with E-state index in [9.17, 15) is 14.4 Å². The van der Waals surface area contributed by atoms with Gasteiger partial charge in [0.2, 0.25) is 0 Å². The molecule has 0 unspecified atom stereocenters. The van der Waals surface area contributed by atoms with Gasteiger partial charge >= 0.3 is 18.0 Å². The number of esters is 1. The van der Waals surface area contributed by atoms with E-state index in [1.54, 1.807) is 25.5 Å². The van der Waals surface area contributed by atoms with E-state index in [-0.39, 0.29) is 28.6 Å². The van der Waals surface area contributed by atoms with Crippen LogP contribution in [0.1, 0.15) is 48.3 Å². The number of amides is 1. The van der Waals surface area contributed by atoms with E-state index in [2.05, 4.69) is 41.1 Å². The third-order valence-electron chi connectivity index (χ3n) is 8.99. The Kier molecular flexibility index (Phi) is 10.4. The summed E-state index contributed by atoms with van der Waals surface area (Å²) in [6, 6.07) is 11.7. The number of carbonyl (C=O) groups excluding carboxylic acids is 2. The van der Waals surface area contributed by atoms with Crippen molar-refractivity contribution in [3.63, 3.8) is 0 Å². The number of likely N-dealkylation sites (tertiary alicyclic amines) is 1. The summed E-state index contributed by atoms with van der Waals surface area (Å²) in [4.78, 5) is 41.8. The molecule has 1 amide bonds. The topological polar surface area (TPSA) is 146 Å². The van der Waals surface area contributed by atoms with Crippen LogP contribution in [-0.2, 0) is 28.4 Å². The maximum Gasteiger partial charge on any atom is 0.412 e. The van der Waals surface area contributed by atoms with Crippen molar-refractivity contribution in [1.82, 2.24) is 19.8 Å². The highest BCUT2D eigenvalue weighted by Crippen LogP contribution is 2.51. The molecule has 12 nitrogen and oxygen atoms in total. The number of rotatable bonds is 5. The summed E-state index contributed by atoms with van der Waals surface area (Å²) in [5, 5.41) is 19.8. The first-order valence-corrected chi connectivity index (χ1v) is 15.0. The van der Waals surface area contributed by atoms with Crippen LogP contribution < -0.4 is 15.0 Å². The molecule has 242 valence electrons. The van der Waals surface area contributed by atoms with Crippen molar-refractivity contribution in [2.45, 2.75) is 44.7 Å². The number of hydrogen-bond donors (Lipinski definition) is 3. The highest BCUT2D eigenvalue weighted by Gasteiger charge is 2.52. The molecule has 3 aliphatic rings. The lowest BCUT2D eigenvalue weighted by Gasteiger charge is -2.32. The molecule has 3 N–H and O–H groups in total.